The van der Waals surface area contributed by atoms with Gasteiger partial charge in [0.1, 0.15) is 17.1 Å². The Morgan fingerprint density at radius 2 is 1.57 bits per heavy atom. The highest BCUT2D eigenvalue weighted by atomic mass is 32.2. The summed E-state index contributed by atoms with van der Waals surface area (Å²) in [4.78, 5) is 0. The molecule has 0 aliphatic rings. The third-order valence-corrected chi connectivity index (χ3v) is 4.95. The number of nitrogens with one attached hydrogen (secondary N) is 1. The van der Waals surface area contributed by atoms with E-state index in [2.05, 4.69) is 29.0 Å². The minimum absolute atomic E-state index is 0.224. The number of hydrogen-bond acceptors (Lipinski definition) is 3. The highest BCUT2D eigenvalue weighted by molar-refractivity contribution is 7.90. The van der Waals surface area contributed by atoms with Gasteiger partial charge >= 0.3 is 0 Å². The van der Waals surface area contributed by atoms with Crippen molar-refractivity contribution in [3.8, 4) is 5.75 Å². The third-order valence-electron chi connectivity index (χ3n) is 3.37. The Morgan fingerprint density at radius 3 is 2.17 bits per heavy atom. The van der Waals surface area contributed by atoms with E-state index in [1.165, 1.54) is 5.56 Å². The van der Waals surface area contributed by atoms with Crippen LogP contribution in [-0.2, 0) is 24.4 Å². The fourth-order valence-corrected chi connectivity index (χ4v) is 2.71. The van der Waals surface area contributed by atoms with Crippen LogP contribution in [0.3, 0.4) is 0 Å². The van der Waals surface area contributed by atoms with E-state index in [9.17, 15) is 4.55 Å². The van der Waals surface area contributed by atoms with Gasteiger partial charge in [0.05, 0.1) is 0 Å². The van der Waals surface area contributed by atoms with Crippen molar-refractivity contribution in [1.82, 2.24) is 4.72 Å². The summed E-state index contributed by atoms with van der Waals surface area (Å²) in [7, 11) is 0. The second-order valence-corrected chi connectivity index (χ2v) is 8.49. The maximum atomic E-state index is 11.9. The van der Waals surface area contributed by atoms with Gasteiger partial charge in [-0.15, -0.1) is 4.72 Å². The summed E-state index contributed by atoms with van der Waals surface area (Å²) in [5, 5.41) is 0. The van der Waals surface area contributed by atoms with Crippen LogP contribution in [0, 0.1) is 0 Å². The summed E-state index contributed by atoms with van der Waals surface area (Å²) < 4.78 is 20.5. The standard InChI is InChI=1S/C19H25NO2S/c1-19(2,3)23(21)20-14-13-16-9-11-17(12-10-16)15-22-18-7-5-4-6-8-18/h4-12,20H,13-15H2,1-3H3. The molecule has 1 N–H and O–H groups in total. The number of rotatable bonds is 7. The monoisotopic (exact) mass is 331 g/mol. The molecule has 2 aromatic rings. The highest BCUT2D eigenvalue weighted by Gasteiger charge is 2.25. The summed E-state index contributed by atoms with van der Waals surface area (Å²) >= 11 is -1.01. The molecule has 3 nitrogen and oxygen atoms in total. The summed E-state index contributed by atoms with van der Waals surface area (Å²) in [5.41, 5.74) is 2.37. The predicted molar refractivity (Wildman–Crippen MR) is 96.8 cm³/mol. The molecular weight excluding hydrogens is 306 g/mol. The lowest BCUT2D eigenvalue weighted by Gasteiger charge is -2.23. The summed E-state index contributed by atoms with van der Waals surface area (Å²) in [5.74, 6) is 0.880. The molecule has 0 amide bonds. The van der Waals surface area contributed by atoms with E-state index >= 15 is 0 Å². The minimum atomic E-state index is -1.01. The van der Waals surface area contributed by atoms with Crippen molar-refractivity contribution in [2.75, 3.05) is 6.54 Å². The molecule has 124 valence electrons. The number of benzene rings is 2. The van der Waals surface area contributed by atoms with E-state index in [1.807, 2.05) is 51.1 Å². The average molecular weight is 331 g/mol. The lowest BCUT2D eigenvalue weighted by molar-refractivity contribution is 0.306. The Hall–Kier alpha value is -1.49. The molecule has 1 unspecified atom stereocenters. The molecule has 0 saturated carbocycles. The largest absolute Gasteiger partial charge is 0.598 e. The molecular formula is C19H25NO2S. The zero-order valence-corrected chi connectivity index (χ0v) is 14.9. The normalized spacial score (nSPS) is 12.9. The number of para-hydroxylation sites is 1. The van der Waals surface area contributed by atoms with Crippen molar-refractivity contribution in [1.29, 1.82) is 0 Å². The van der Waals surface area contributed by atoms with Crippen molar-refractivity contribution in [3.05, 3.63) is 65.7 Å². The molecule has 1 atom stereocenters. The Bertz CT molecular complexity index is 579. The second kappa shape index (κ2) is 8.39. The molecule has 23 heavy (non-hydrogen) atoms. The smallest absolute Gasteiger partial charge is 0.136 e. The molecule has 0 radical (unpaired) electrons. The maximum absolute atomic E-state index is 11.9. The first-order valence-electron chi connectivity index (χ1n) is 7.86. The van der Waals surface area contributed by atoms with Gasteiger partial charge in [0.15, 0.2) is 0 Å². The SMILES string of the molecule is CC(C)(C)[S+]([O-])NCCc1ccc(COc2ccccc2)cc1. The highest BCUT2D eigenvalue weighted by Crippen LogP contribution is 2.14. The van der Waals surface area contributed by atoms with Gasteiger partial charge in [-0.05, 0) is 50.5 Å². The number of hydrogen-bond donors (Lipinski definition) is 1. The van der Waals surface area contributed by atoms with Gasteiger partial charge in [0.25, 0.3) is 0 Å². The predicted octanol–water partition coefficient (Wildman–Crippen LogP) is 3.86. The van der Waals surface area contributed by atoms with E-state index in [4.69, 9.17) is 4.74 Å². The van der Waals surface area contributed by atoms with Gasteiger partial charge in [-0.2, -0.15) is 0 Å². The molecule has 0 bridgehead atoms. The van der Waals surface area contributed by atoms with E-state index in [0.29, 0.717) is 13.2 Å². The molecule has 0 aliphatic heterocycles. The fraction of sp³-hybridized carbons (Fsp3) is 0.368. The summed E-state index contributed by atoms with van der Waals surface area (Å²) in [6.07, 6.45) is 0.863. The molecule has 0 heterocycles. The Morgan fingerprint density at radius 1 is 0.957 bits per heavy atom. The van der Waals surface area contributed by atoms with Crippen molar-refractivity contribution in [2.45, 2.75) is 38.5 Å². The van der Waals surface area contributed by atoms with Gasteiger partial charge < -0.3 is 9.29 Å². The van der Waals surface area contributed by atoms with Crippen LogP contribution in [0.1, 0.15) is 31.9 Å². The van der Waals surface area contributed by atoms with Gasteiger partial charge in [0, 0.05) is 17.9 Å². The van der Waals surface area contributed by atoms with Crippen LogP contribution < -0.4 is 9.46 Å². The summed E-state index contributed by atoms with van der Waals surface area (Å²) in [6, 6.07) is 18.2. The van der Waals surface area contributed by atoms with Crippen LogP contribution in [0.2, 0.25) is 0 Å². The molecule has 0 aliphatic carbocycles. The van der Waals surface area contributed by atoms with Crippen LogP contribution in [-0.4, -0.2) is 15.8 Å². The van der Waals surface area contributed by atoms with Gasteiger partial charge in [-0.3, -0.25) is 0 Å². The molecule has 0 saturated heterocycles. The van der Waals surface area contributed by atoms with E-state index in [1.54, 1.807) is 0 Å². The van der Waals surface area contributed by atoms with Crippen LogP contribution in [0.25, 0.3) is 0 Å². The topological polar surface area (TPSA) is 44.3 Å². The molecule has 0 spiro atoms. The van der Waals surface area contributed by atoms with Gasteiger partial charge in [0.2, 0.25) is 0 Å². The minimum Gasteiger partial charge on any atom is -0.598 e. The molecule has 4 heteroatoms. The van der Waals surface area contributed by atoms with Crippen molar-refractivity contribution < 1.29 is 9.29 Å². The average Bonchev–Trinajstić information content (AvgIpc) is 2.54. The van der Waals surface area contributed by atoms with Crippen LogP contribution in [0.15, 0.2) is 54.6 Å². The lowest BCUT2D eigenvalue weighted by atomic mass is 10.1. The lowest BCUT2D eigenvalue weighted by Crippen LogP contribution is -2.40. The van der Waals surface area contributed by atoms with Gasteiger partial charge in [-0.1, -0.05) is 42.5 Å². The van der Waals surface area contributed by atoms with Crippen molar-refractivity contribution in [2.24, 2.45) is 0 Å². The fourth-order valence-electron chi connectivity index (χ4n) is 1.99. The zero-order chi connectivity index (χ0) is 16.7. The second-order valence-electron chi connectivity index (χ2n) is 6.44. The third kappa shape index (κ3) is 6.26. The Labute approximate surface area is 142 Å². The first-order valence-corrected chi connectivity index (χ1v) is 9.01. The van der Waals surface area contributed by atoms with Crippen molar-refractivity contribution >= 4 is 11.4 Å². The molecule has 2 rings (SSSR count). The first kappa shape index (κ1) is 17.9. The van der Waals surface area contributed by atoms with Crippen LogP contribution in [0.4, 0.5) is 0 Å². The number of ether oxygens (including phenoxy) is 1. The maximum Gasteiger partial charge on any atom is 0.136 e. The quantitative estimate of drug-likeness (QED) is 0.784. The summed E-state index contributed by atoms with van der Waals surface area (Å²) in [6.45, 7) is 7.19. The molecule has 0 fully saturated rings. The van der Waals surface area contributed by atoms with E-state index in [-0.39, 0.29) is 4.75 Å². The van der Waals surface area contributed by atoms with Crippen LogP contribution >= 0.6 is 0 Å². The van der Waals surface area contributed by atoms with E-state index < -0.39 is 11.4 Å². The van der Waals surface area contributed by atoms with E-state index in [0.717, 1.165) is 17.7 Å². The Kier molecular flexibility index (Phi) is 6.51. The van der Waals surface area contributed by atoms with Gasteiger partial charge in [-0.25, -0.2) is 0 Å². The molecule has 2 aromatic carbocycles. The Balaban J connectivity index is 1.76. The van der Waals surface area contributed by atoms with Crippen molar-refractivity contribution in [3.63, 3.8) is 0 Å². The zero-order valence-electron chi connectivity index (χ0n) is 14.0. The van der Waals surface area contributed by atoms with Crippen LogP contribution in [0.5, 0.6) is 5.75 Å². The first-order chi connectivity index (χ1) is 10.9. The molecule has 0 aromatic heterocycles.